The third kappa shape index (κ3) is 4.39. The minimum atomic E-state index is -0.0969. The summed E-state index contributed by atoms with van der Waals surface area (Å²) in [6.07, 6.45) is 4.52. The second-order valence-electron chi connectivity index (χ2n) is 4.97. The van der Waals surface area contributed by atoms with Crippen LogP contribution in [0.15, 0.2) is 39.6 Å². The van der Waals surface area contributed by atoms with Gasteiger partial charge in [-0.1, -0.05) is 21.9 Å². The number of aromatic nitrogens is 4. The van der Waals surface area contributed by atoms with Crippen molar-refractivity contribution in [3.63, 3.8) is 0 Å². The monoisotopic (exact) mass is 347 g/mol. The first-order valence-corrected chi connectivity index (χ1v) is 7.69. The number of aryl methyl sites for hydroxylation is 1. The van der Waals surface area contributed by atoms with E-state index in [-0.39, 0.29) is 11.1 Å². The van der Waals surface area contributed by atoms with Gasteiger partial charge in [0.1, 0.15) is 5.76 Å². The van der Waals surface area contributed by atoms with Gasteiger partial charge in [-0.15, -0.1) is 0 Å². The summed E-state index contributed by atoms with van der Waals surface area (Å²) in [6.45, 7) is 0.422. The zero-order valence-electron chi connectivity index (χ0n) is 12.6. The molecule has 0 unspecified atom stereocenters. The number of hydrogen-bond donors (Lipinski definition) is 1. The van der Waals surface area contributed by atoms with Crippen LogP contribution in [0.4, 0.5) is 0 Å². The van der Waals surface area contributed by atoms with Gasteiger partial charge in [0.15, 0.2) is 11.0 Å². The smallest absolute Gasteiger partial charge is 0.258 e. The first kappa shape index (κ1) is 16.1. The summed E-state index contributed by atoms with van der Waals surface area (Å²) < 4.78 is 10.1. The van der Waals surface area contributed by atoms with Crippen molar-refractivity contribution in [2.24, 2.45) is 0 Å². The molecule has 3 aromatic heterocycles. The molecule has 9 heteroatoms. The highest BCUT2D eigenvalue weighted by molar-refractivity contribution is 6.29. The second-order valence-corrected chi connectivity index (χ2v) is 5.35. The molecular formula is C15H14ClN5O3. The van der Waals surface area contributed by atoms with Crippen molar-refractivity contribution in [3.8, 4) is 11.5 Å². The van der Waals surface area contributed by atoms with Crippen LogP contribution in [-0.4, -0.2) is 32.7 Å². The fourth-order valence-electron chi connectivity index (χ4n) is 2.01. The maximum absolute atomic E-state index is 11.8. The summed E-state index contributed by atoms with van der Waals surface area (Å²) in [7, 11) is 0. The fraction of sp³-hybridized carbons (Fsp3) is 0.267. The Labute approximate surface area is 142 Å². The maximum atomic E-state index is 11.8. The largest absolute Gasteiger partial charge is 0.360 e. The number of nitrogens with one attached hydrogen (secondary N) is 1. The zero-order chi connectivity index (χ0) is 16.8. The van der Waals surface area contributed by atoms with Crippen molar-refractivity contribution in [3.05, 3.63) is 47.3 Å². The van der Waals surface area contributed by atoms with Gasteiger partial charge in [0.25, 0.3) is 5.89 Å². The van der Waals surface area contributed by atoms with Crippen LogP contribution in [0.1, 0.15) is 18.0 Å². The van der Waals surface area contributed by atoms with Gasteiger partial charge in [0.2, 0.25) is 5.91 Å². The first-order valence-electron chi connectivity index (χ1n) is 7.31. The average molecular weight is 348 g/mol. The Bertz CT molecular complexity index is 802. The SMILES string of the molecule is O=C(CCc1cc(Cl)no1)NCCc1noc(-c2ccncc2)n1. The van der Waals surface area contributed by atoms with E-state index in [9.17, 15) is 4.79 Å². The fourth-order valence-corrected chi connectivity index (χ4v) is 2.17. The normalized spacial score (nSPS) is 10.7. The van der Waals surface area contributed by atoms with Crippen LogP contribution in [0.2, 0.25) is 5.15 Å². The number of rotatable bonds is 7. The number of carbonyl (C=O) groups is 1. The van der Waals surface area contributed by atoms with E-state index < -0.39 is 0 Å². The van der Waals surface area contributed by atoms with Gasteiger partial charge in [-0.05, 0) is 12.1 Å². The van der Waals surface area contributed by atoms with Crippen molar-refractivity contribution in [1.29, 1.82) is 0 Å². The lowest BCUT2D eigenvalue weighted by atomic mass is 10.2. The first-order chi connectivity index (χ1) is 11.7. The molecule has 3 heterocycles. The molecule has 0 aliphatic rings. The van der Waals surface area contributed by atoms with Gasteiger partial charge >= 0.3 is 0 Å². The third-order valence-electron chi connectivity index (χ3n) is 3.19. The minimum Gasteiger partial charge on any atom is -0.360 e. The van der Waals surface area contributed by atoms with Crippen LogP contribution in [0, 0.1) is 0 Å². The number of halogens is 1. The molecule has 0 saturated heterocycles. The highest BCUT2D eigenvalue weighted by atomic mass is 35.5. The topological polar surface area (TPSA) is 107 Å². The molecule has 3 aromatic rings. The molecule has 3 rings (SSSR count). The van der Waals surface area contributed by atoms with E-state index in [4.69, 9.17) is 20.6 Å². The van der Waals surface area contributed by atoms with Crippen molar-refractivity contribution in [1.82, 2.24) is 25.6 Å². The predicted molar refractivity (Wildman–Crippen MR) is 84.1 cm³/mol. The Morgan fingerprint density at radius 1 is 1.17 bits per heavy atom. The average Bonchev–Trinajstić information content (AvgIpc) is 3.23. The van der Waals surface area contributed by atoms with Crippen LogP contribution >= 0.6 is 11.6 Å². The molecule has 1 N–H and O–H groups in total. The highest BCUT2D eigenvalue weighted by Gasteiger charge is 2.10. The molecule has 8 nitrogen and oxygen atoms in total. The molecule has 0 spiro atoms. The van der Waals surface area contributed by atoms with Crippen molar-refractivity contribution in [2.75, 3.05) is 6.54 Å². The molecule has 124 valence electrons. The summed E-state index contributed by atoms with van der Waals surface area (Å²) >= 11 is 5.64. The van der Waals surface area contributed by atoms with E-state index in [0.29, 0.717) is 43.3 Å². The molecule has 1 amide bonds. The van der Waals surface area contributed by atoms with E-state index in [0.717, 1.165) is 5.56 Å². The standard InChI is InChI=1S/C15H14ClN5O3/c16-12-9-11(23-20-12)1-2-14(22)18-8-5-13-19-15(24-21-13)10-3-6-17-7-4-10/h3-4,6-7,9H,1-2,5,8H2,(H,18,22). The summed E-state index contributed by atoms with van der Waals surface area (Å²) in [5.41, 5.74) is 0.804. The number of amides is 1. The van der Waals surface area contributed by atoms with Crippen LogP contribution < -0.4 is 5.32 Å². The molecule has 0 radical (unpaired) electrons. The van der Waals surface area contributed by atoms with Crippen molar-refractivity contribution >= 4 is 17.5 Å². The van der Waals surface area contributed by atoms with Crippen molar-refractivity contribution < 1.29 is 13.8 Å². The summed E-state index contributed by atoms with van der Waals surface area (Å²) in [6, 6.07) is 5.17. The van der Waals surface area contributed by atoms with E-state index in [2.05, 4.69) is 25.6 Å². The summed E-state index contributed by atoms with van der Waals surface area (Å²) in [5.74, 6) is 1.45. The van der Waals surface area contributed by atoms with Crippen molar-refractivity contribution in [2.45, 2.75) is 19.3 Å². The number of hydrogen-bond acceptors (Lipinski definition) is 7. The Morgan fingerprint density at radius 3 is 2.75 bits per heavy atom. The number of nitrogens with zero attached hydrogens (tertiary/aromatic N) is 4. The van der Waals surface area contributed by atoms with Gasteiger partial charge in [-0.2, -0.15) is 4.98 Å². The maximum Gasteiger partial charge on any atom is 0.258 e. The summed E-state index contributed by atoms with van der Waals surface area (Å²) in [5, 5.41) is 10.5. The van der Waals surface area contributed by atoms with Gasteiger partial charge in [-0.3, -0.25) is 9.78 Å². The molecule has 0 atom stereocenters. The zero-order valence-corrected chi connectivity index (χ0v) is 13.4. The van der Waals surface area contributed by atoms with E-state index in [1.54, 1.807) is 30.6 Å². The Balaban J connectivity index is 1.41. The van der Waals surface area contributed by atoms with Crippen LogP contribution in [-0.2, 0) is 17.6 Å². The molecule has 0 aliphatic carbocycles. The molecule has 0 aromatic carbocycles. The molecule has 0 fully saturated rings. The van der Waals surface area contributed by atoms with Gasteiger partial charge < -0.3 is 14.4 Å². The van der Waals surface area contributed by atoms with E-state index in [1.165, 1.54) is 0 Å². The lowest BCUT2D eigenvalue weighted by molar-refractivity contribution is -0.121. The third-order valence-corrected chi connectivity index (χ3v) is 3.37. The molecule has 0 saturated carbocycles. The molecular weight excluding hydrogens is 334 g/mol. The van der Waals surface area contributed by atoms with Crippen LogP contribution in [0.25, 0.3) is 11.5 Å². The molecule has 24 heavy (non-hydrogen) atoms. The second kappa shape index (κ2) is 7.69. The van der Waals surface area contributed by atoms with E-state index >= 15 is 0 Å². The van der Waals surface area contributed by atoms with Gasteiger partial charge in [0.05, 0.1) is 0 Å². The summed E-state index contributed by atoms with van der Waals surface area (Å²) in [4.78, 5) is 20.0. The Kier molecular flexibility index (Phi) is 5.17. The molecule has 0 aliphatic heterocycles. The highest BCUT2D eigenvalue weighted by Crippen LogP contribution is 2.15. The Morgan fingerprint density at radius 2 is 2.00 bits per heavy atom. The van der Waals surface area contributed by atoms with Gasteiger partial charge in [0, 0.05) is 49.8 Å². The van der Waals surface area contributed by atoms with Gasteiger partial charge in [-0.25, -0.2) is 0 Å². The lowest BCUT2D eigenvalue weighted by Gasteiger charge is -2.01. The lowest BCUT2D eigenvalue weighted by Crippen LogP contribution is -2.26. The number of carbonyl (C=O) groups excluding carboxylic acids is 1. The van der Waals surface area contributed by atoms with Crippen LogP contribution in [0.3, 0.4) is 0 Å². The quantitative estimate of drug-likeness (QED) is 0.697. The predicted octanol–water partition coefficient (Wildman–Crippen LogP) is 2.06. The van der Waals surface area contributed by atoms with Crippen LogP contribution in [0.5, 0.6) is 0 Å². The number of pyridine rings is 1. The molecule has 0 bridgehead atoms. The minimum absolute atomic E-state index is 0.0969. The van der Waals surface area contributed by atoms with E-state index in [1.807, 2.05) is 0 Å². The Hall–Kier alpha value is -2.74.